The minimum absolute atomic E-state index is 0.0374. The first kappa shape index (κ1) is 32.0. The summed E-state index contributed by atoms with van der Waals surface area (Å²) in [6.45, 7) is 0.335. The highest BCUT2D eigenvalue weighted by molar-refractivity contribution is 9.10. The number of rotatable bonds is 13. The molecule has 1 amide bonds. The topological polar surface area (TPSA) is 92.2 Å². The van der Waals surface area contributed by atoms with E-state index in [2.05, 4.69) is 26.8 Å². The Morgan fingerprint density at radius 3 is 2.51 bits per heavy atom. The molecule has 1 aliphatic rings. The number of carbonyl (C=O) groups excluding carboxylic acids is 1. The maximum Gasteiger partial charge on any atom is 0.266 e. The third-order valence-electron chi connectivity index (χ3n) is 7.25. The zero-order valence-electron chi connectivity index (χ0n) is 24.3. The lowest BCUT2D eigenvalue weighted by Crippen LogP contribution is -2.52. The number of benzene rings is 4. The van der Waals surface area contributed by atoms with E-state index in [1.807, 2.05) is 66.7 Å². The van der Waals surface area contributed by atoms with Crippen LogP contribution in [0.4, 0.5) is 8.78 Å². The van der Waals surface area contributed by atoms with Crippen LogP contribution in [0.2, 0.25) is 0 Å². The number of halogens is 3. The molecule has 5 rings (SSSR count). The summed E-state index contributed by atoms with van der Waals surface area (Å²) in [4.78, 5) is 19.2. The molecule has 4 aromatic carbocycles. The fraction of sp³-hybridized carbons (Fsp3) is 0.200. The van der Waals surface area contributed by atoms with E-state index < -0.39 is 29.2 Å². The SMILES string of the molecule is O=C(NNCc1ccc(F)cc1F)[C@@]1(C/C=C/c2ccccc2)N=C(c2ccc(OCCCO)cc2)O[C@H]1c1ccccc1Br. The van der Waals surface area contributed by atoms with E-state index >= 15 is 0 Å². The molecule has 0 fully saturated rings. The number of ether oxygens (including phenoxy) is 2. The molecule has 0 saturated carbocycles. The molecule has 10 heteroatoms. The van der Waals surface area contributed by atoms with Gasteiger partial charge in [0.2, 0.25) is 5.90 Å². The molecule has 45 heavy (non-hydrogen) atoms. The van der Waals surface area contributed by atoms with Crippen molar-refractivity contribution in [3.63, 3.8) is 0 Å². The summed E-state index contributed by atoms with van der Waals surface area (Å²) in [7, 11) is 0. The normalized spacial score (nSPS) is 17.6. The summed E-state index contributed by atoms with van der Waals surface area (Å²) in [6, 6.07) is 27.6. The number of hydrogen-bond acceptors (Lipinski definition) is 6. The van der Waals surface area contributed by atoms with Crippen LogP contribution >= 0.6 is 15.9 Å². The predicted molar refractivity (Wildman–Crippen MR) is 172 cm³/mol. The van der Waals surface area contributed by atoms with Crippen molar-refractivity contribution in [1.82, 2.24) is 10.9 Å². The van der Waals surface area contributed by atoms with E-state index in [1.165, 1.54) is 6.07 Å². The zero-order valence-corrected chi connectivity index (χ0v) is 25.8. The summed E-state index contributed by atoms with van der Waals surface area (Å²) >= 11 is 3.62. The molecule has 7 nitrogen and oxygen atoms in total. The Balaban J connectivity index is 1.49. The van der Waals surface area contributed by atoms with Gasteiger partial charge in [-0.2, -0.15) is 0 Å². The highest BCUT2D eigenvalue weighted by atomic mass is 79.9. The number of hydrogen-bond donors (Lipinski definition) is 3. The second kappa shape index (κ2) is 15.1. The van der Waals surface area contributed by atoms with Gasteiger partial charge in [0.15, 0.2) is 11.6 Å². The number of aliphatic imine (C=N–C) groups is 1. The predicted octanol–water partition coefficient (Wildman–Crippen LogP) is 6.67. The summed E-state index contributed by atoms with van der Waals surface area (Å²) < 4.78 is 40.6. The molecule has 1 aliphatic heterocycles. The van der Waals surface area contributed by atoms with E-state index in [1.54, 1.807) is 24.3 Å². The van der Waals surface area contributed by atoms with Crippen molar-refractivity contribution in [3.05, 3.63) is 141 Å². The number of carbonyl (C=O) groups is 1. The fourth-order valence-corrected chi connectivity index (χ4v) is 5.40. The average Bonchev–Trinajstić information content (AvgIpc) is 3.43. The first-order chi connectivity index (χ1) is 21.9. The largest absolute Gasteiger partial charge is 0.494 e. The van der Waals surface area contributed by atoms with Crippen LogP contribution in [0.15, 0.2) is 113 Å². The van der Waals surface area contributed by atoms with Crippen LogP contribution in [0.25, 0.3) is 6.08 Å². The maximum absolute atomic E-state index is 14.3. The smallest absolute Gasteiger partial charge is 0.266 e. The van der Waals surface area contributed by atoms with Crippen LogP contribution in [0.5, 0.6) is 5.75 Å². The highest BCUT2D eigenvalue weighted by Gasteiger charge is 2.53. The first-order valence-electron chi connectivity index (χ1n) is 14.4. The molecule has 0 spiro atoms. The van der Waals surface area contributed by atoms with Gasteiger partial charge in [0.25, 0.3) is 5.91 Å². The standard InChI is InChI=1S/C35H32BrF2N3O4/c36-30-12-5-4-11-29(30)32-35(19-6-10-24-8-2-1-3-9-24,34(43)41-39-23-26-13-16-27(37)22-31(26)38)40-33(45-32)25-14-17-28(18-15-25)44-21-7-20-42/h1-6,8-18,22,32,39,42H,7,19-21,23H2,(H,41,43)/b10-6+/t32-,35-/m0/s1. The van der Waals surface area contributed by atoms with Gasteiger partial charge in [-0.1, -0.05) is 82.7 Å². The lowest BCUT2D eigenvalue weighted by Gasteiger charge is -2.30. The van der Waals surface area contributed by atoms with E-state index in [4.69, 9.17) is 19.6 Å². The van der Waals surface area contributed by atoms with Crippen LogP contribution in [0.3, 0.4) is 0 Å². The molecule has 3 N–H and O–H groups in total. The van der Waals surface area contributed by atoms with Gasteiger partial charge in [-0.3, -0.25) is 10.2 Å². The summed E-state index contributed by atoms with van der Waals surface area (Å²) in [5.74, 6) is -1.01. The van der Waals surface area contributed by atoms with Gasteiger partial charge in [0, 0.05) is 53.2 Å². The molecule has 1 heterocycles. The number of nitrogens with zero attached hydrogens (tertiary/aromatic N) is 1. The lowest BCUT2D eigenvalue weighted by molar-refractivity contribution is -0.130. The van der Waals surface area contributed by atoms with Crippen molar-refractivity contribution in [1.29, 1.82) is 0 Å². The van der Waals surface area contributed by atoms with E-state index in [9.17, 15) is 13.6 Å². The minimum Gasteiger partial charge on any atom is -0.494 e. The Labute approximate surface area is 268 Å². The highest BCUT2D eigenvalue weighted by Crippen LogP contribution is 2.45. The third kappa shape index (κ3) is 7.83. The van der Waals surface area contributed by atoms with Crippen LogP contribution < -0.4 is 15.6 Å². The van der Waals surface area contributed by atoms with Gasteiger partial charge < -0.3 is 14.6 Å². The molecular weight excluding hydrogens is 644 g/mol. The monoisotopic (exact) mass is 675 g/mol. The first-order valence-corrected chi connectivity index (χ1v) is 15.2. The summed E-state index contributed by atoms with van der Waals surface area (Å²) in [6.07, 6.45) is 3.64. The van der Waals surface area contributed by atoms with Crippen molar-refractivity contribution in [3.8, 4) is 5.75 Å². The second-order valence-electron chi connectivity index (χ2n) is 10.4. The Morgan fingerprint density at radius 2 is 1.78 bits per heavy atom. The molecule has 0 radical (unpaired) electrons. The number of amides is 1. The molecular formula is C35H32BrF2N3O4. The third-order valence-corrected chi connectivity index (χ3v) is 7.97. The van der Waals surface area contributed by atoms with Crippen LogP contribution in [-0.2, 0) is 16.1 Å². The van der Waals surface area contributed by atoms with Gasteiger partial charge >= 0.3 is 0 Å². The van der Waals surface area contributed by atoms with Crippen molar-refractivity contribution >= 4 is 33.8 Å². The number of aliphatic hydroxyl groups is 1. The van der Waals surface area contributed by atoms with Gasteiger partial charge in [-0.25, -0.2) is 19.2 Å². The van der Waals surface area contributed by atoms with Gasteiger partial charge in [-0.15, -0.1) is 0 Å². The molecule has 0 bridgehead atoms. The number of hydrazine groups is 1. The summed E-state index contributed by atoms with van der Waals surface area (Å²) in [5, 5.41) is 9.04. The molecule has 2 atom stereocenters. The van der Waals surface area contributed by atoms with Gasteiger partial charge in [-0.05, 0) is 42.0 Å². The quantitative estimate of drug-likeness (QED) is 0.109. The fourth-order valence-electron chi connectivity index (χ4n) is 4.91. The zero-order chi connectivity index (χ0) is 31.6. The second-order valence-corrected chi connectivity index (χ2v) is 11.2. The van der Waals surface area contributed by atoms with Gasteiger partial charge in [0.05, 0.1) is 6.61 Å². The Kier molecular flexibility index (Phi) is 10.7. The molecule has 0 unspecified atom stereocenters. The van der Waals surface area contributed by atoms with E-state index in [-0.39, 0.29) is 31.0 Å². The van der Waals surface area contributed by atoms with Crippen molar-refractivity contribution in [2.45, 2.75) is 31.0 Å². The number of nitrogens with one attached hydrogen (secondary N) is 2. The Bertz CT molecular complexity index is 1670. The molecule has 4 aromatic rings. The van der Waals surface area contributed by atoms with Crippen molar-refractivity contribution in [2.75, 3.05) is 13.2 Å². The molecule has 0 aromatic heterocycles. The van der Waals surface area contributed by atoms with Crippen molar-refractivity contribution < 1.29 is 28.2 Å². The lowest BCUT2D eigenvalue weighted by atomic mass is 9.84. The molecule has 232 valence electrons. The minimum atomic E-state index is -1.48. The average molecular weight is 677 g/mol. The summed E-state index contributed by atoms with van der Waals surface area (Å²) in [5.41, 5.74) is 6.52. The Hall–Kier alpha value is -4.38. The van der Waals surface area contributed by atoms with Crippen molar-refractivity contribution in [2.24, 2.45) is 4.99 Å². The Morgan fingerprint density at radius 1 is 1.02 bits per heavy atom. The number of aliphatic hydroxyl groups excluding tert-OH is 1. The maximum atomic E-state index is 14.3. The molecule has 0 saturated heterocycles. The molecule has 0 aliphatic carbocycles. The van der Waals surface area contributed by atoms with E-state index in [0.29, 0.717) is 29.9 Å². The van der Waals surface area contributed by atoms with E-state index in [0.717, 1.165) is 22.2 Å². The van der Waals surface area contributed by atoms with Crippen LogP contribution in [0.1, 0.15) is 41.2 Å². The van der Waals surface area contributed by atoms with Crippen LogP contribution in [0, 0.1) is 11.6 Å². The van der Waals surface area contributed by atoms with Crippen LogP contribution in [-0.4, -0.2) is 35.7 Å². The van der Waals surface area contributed by atoms with Gasteiger partial charge in [0.1, 0.15) is 17.4 Å².